The SMILES string of the molecule is COc1ccc(-c2csc(NC(=O)Cc3ccsc3)n2)cc1Cl. The number of aromatic nitrogens is 1. The fourth-order valence-electron chi connectivity index (χ4n) is 2.03. The van der Waals surface area contributed by atoms with E-state index in [-0.39, 0.29) is 5.91 Å². The molecule has 0 radical (unpaired) electrons. The van der Waals surface area contributed by atoms with Gasteiger partial charge >= 0.3 is 0 Å². The van der Waals surface area contributed by atoms with Gasteiger partial charge < -0.3 is 10.1 Å². The number of nitrogens with zero attached hydrogens (tertiary/aromatic N) is 1. The molecule has 0 aliphatic heterocycles. The molecule has 0 unspecified atom stereocenters. The summed E-state index contributed by atoms with van der Waals surface area (Å²) in [5.41, 5.74) is 2.65. The number of benzene rings is 1. The summed E-state index contributed by atoms with van der Waals surface area (Å²) in [5.74, 6) is 0.548. The topological polar surface area (TPSA) is 51.2 Å². The Morgan fingerprint density at radius 2 is 2.22 bits per heavy atom. The van der Waals surface area contributed by atoms with Gasteiger partial charge in [0.2, 0.25) is 5.91 Å². The highest BCUT2D eigenvalue weighted by atomic mass is 35.5. The van der Waals surface area contributed by atoms with Crippen molar-refractivity contribution in [2.75, 3.05) is 12.4 Å². The molecule has 7 heteroatoms. The number of rotatable bonds is 5. The summed E-state index contributed by atoms with van der Waals surface area (Å²) in [4.78, 5) is 16.4. The molecule has 0 fully saturated rings. The molecule has 0 aliphatic rings. The van der Waals surface area contributed by atoms with Crippen LogP contribution in [-0.4, -0.2) is 18.0 Å². The van der Waals surface area contributed by atoms with Gasteiger partial charge in [0.25, 0.3) is 0 Å². The van der Waals surface area contributed by atoms with Gasteiger partial charge in [0.1, 0.15) is 5.75 Å². The van der Waals surface area contributed by atoms with Gasteiger partial charge in [0.05, 0.1) is 24.2 Å². The molecule has 4 nitrogen and oxygen atoms in total. The zero-order valence-electron chi connectivity index (χ0n) is 12.2. The molecule has 3 aromatic rings. The fraction of sp³-hybridized carbons (Fsp3) is 0.125. The summed E-state index contributed by atoms with van der Waals surface area (Å²) in [5, 5.41) is 9.74. The van der Waals surface area contributed by atoms with Crippen molar-refractivity contribution in [3.05, 3.63) is 51.0 Å². The standard InChI is InChI=1S/C16H13ClN2O2S2/c1-21-14-3-2-11(7-12(14)17)13-9-23-16(18-13)19-15(20)6-10-4-5-22-8-10/h2-5,7-9H,6H2,1H3,(H,18,19,20). The van der Waals surface area contributed by atoms with Gasteiger partial charge in [-0.3, -0.25) is 4.79 Å². The molecule has 0 saturated carbocycles. The van der Waals surface area contributed by atoms with Crippen LogP contribution in [0, 0.1) is 0 Å². The fourth-order valence-corrected chi connectivity index (χ4v) is 3.69. The van der Waals surface area contributed by atoms with Crippen molar-refractivity contribution in [3.63, 3.8) is 0 Å². The third-order valence-corrected chi connectivity index (χ3v) is 4.93. The quantitative estimate of drug-likeness (QED) is 0.713. The van der Waals surface area contributed by atoms with Crippen molar-refractivity contribution in [3.8, 4) is 17.0 Å². The average Bonchev–Trinajstić information content (AvgIpc) is 3.19. The number of thiophene rings is 1. The first-order chi connectivity index (χ1) is 11.2. The summed E-state index contributed by atoms with van der Waals surface area (Å²) in [6, 6.07) is 7.42. The van der Waals surface area contributed by atoms with Crippen LogP contribution in [0.15, 0.2) is 40.4 Å². The van der Waals surface area contributed by atoms with Crippen LogP contribution in [-0.2, 0) is 11.2 Å². The van der Waals surface area contributed by atoms with E-state index in [1.807, 2.05) is 28.3 Å². The van der Waals surface area contributed by atoms with Crippen LogP contribution in [0.1, 0.15) is 5.56 Å². The molecule has 0 saturated heterocycles. The summed E-state index contributed by atoms with van der Waals surface area (Å²) >= 11 is 9.10. The van der Waals surface area contributed by atoms with Crippen LogP contribution >= 0.6 is 34.3 Å². The molecule has 23 heavy (non-hydrogen) atoms. The van der Waals surface area contributed by atoms with Crippen LogP contribution in [0.2, 0.25) is 5.02 Å². The second kappa shape index (κ2) is 7.12. The first-order valence-corrected chi connectivity index (χ1v) is 8.96. The summed E-state index contributed by atoms with van der Waals surface area (Å²) in [6.07, 6.45) is 0.354. The van der Waals surface area contributed by atoms with Crippen molar-refractivity contribution in [1.29, 1.82) is 0 Å². The normalized spacial score (nSPS) is 10.5. The minimum absolute atomic E-state index is 0.0722. The lowest BCUT2D eigenvalue weighted by Crippen LogP contribution is -2.13. The Balaban J connectivity index is 1.70. The van der Waals surface area contributed by atoms with Gasteiger partial charge in [-0.2, -0.15) is 11.3 Å². The molecule has 2 heterocycles. The van der Waals surface area contributed by atoms with Crippen LogP contribution < -0.4 is 10.1 Å². The van der Waals surface area contributed by atoms with E-state index >= 15 is 0 Å². The van der Waals surface area contributed by atoms with E-state index in [9.17, 15) is 4.79 Å². The molecule has 1 N–H and O–H groups in total. The van der Waals surface area contributed by atoms with Gasteiger partial charge in [0.15, 0.2) is 5.13 Å². The molecule has 2 aromatic heterocycles. The maximum absolute atomic E-state index is 12.0. The van der Waals surface area contributed by atoms with Crippen LogP contribution in [0.25, 0.3) is 11.3 Å². The van der Waals surface area contributed by atoms with E-state index in [1.54, 1.807) is 30.6 Å². The highest BCUT2D eigenvalue weighted by molar-refractivity contribution is 7.14. The first-order valence-electron chi connectivity index (χ1n) is 6.76. The smallest absolute Gasteiger partial charge is 0.230 e. The predicted octanol–water partition coefficient (Wildman–Crippen LogP) is 4.71. The number of carbonyl (C=O) groups is 1. The van der Waals surface area contributed by atoms with E-state index in [4.69, 9.17) is 16.3 Å². The van der Waals surface area contributed by atoms with Crippen LogP contribution in [0.5, 0.6) is 5.75 Å². The Morgan fingerprint density at radius 3 is 2.91 bits per heavy atom. The van der Waals surface area contributed by atoms with Crippen molar-refractivity contribution < 1.29 is 9.53 Å². The Kier molecular flexibility index (Phi) is 4.95. The van der Waals surface area contributed by atoms with E-state index in [2.05, 4.69) is 10.3 Å². The summed E-state index contributed by atoms with van der Waals surface area (Å²) in [6.45, 7) is 0. The summed E-state index contributed by atoms with van der Waals surface area (Å²) in [7, 11) is 1.57. The Hall–Kier alpha value is -1.89. The second-order valence-electron chi connectivity index (χ2n) is 4.74. The zero-order chi connectivity index (χ0) is 16.2. The van der Waals surface area contributed by atoms with Gasteiger partial charge in [-0.1, -0.05) is 11.6 Å². The number of thiazole rings is 1. The molecular formula is C16H13ClN2O2S2. The molecule has 0 bridgehead atoms. The Labute approximate surface area is 146 Å². The number of amides is 1. The number of hydrogen-bond acceptors (Lipinski definition) is 5. The first kappa shape index (κ1) is 16.0. The molecule has 3 rings (SSSR count). The van der Waals surface area contributed by atoms with E-state index < -0.39 is 0 Å². The van der Waals surface area contributed by atoms with E-state index in [0.717, 1.165) is 16.8 Å². The van der Waals surface area contributed by atoms with E-state index in [0.29, 0.717) is 22.3 Å². The number of halogens is 1. The van der Waals surface area contributed by atoms with Crippen molar-refractivity contribution in [2.24, 2.45) is 0 Å². The van der Waals surface area contributed by atoms with Crippen LogP contribution in [0.4, 0.5) is 5.13 Å². The lowest BCUT2D eigenvalue weighted by Gasteiger charge is -2.04. The van der Waals surface area contributed by atoms with Gasteiger partial charge in [0, 0.05) is 10.9 Å². The monoisotopic (exact) mass is 364 g/mol. The maximum atomic E-state index is 12.0. The van der Waals surface area contributed by atoms with Crippen molar-refractivity contribution >= 4 is 45.3 Å². The van der Waals surface area contributed by atoms with Gasteiger partial charge in [-0.25, -0.2) is 4.98 Å². The minimum atomic E-state index is -0.0722. The van der Waals surface area contributed by atoms with Crippen LogP contribution in [0.3, 0.4) is 0 Å². The largest absolute Gasteiger partial charge is 0.495 e. The number of anilines is 1. The molecule has 1 amide bonds. The molecule has 118 valence electrons. The number of nitrogens with one attached hydrogen (secondary N) is 1. The van der Waals surface area contributed by atoms with Gasteiger partial charge in [-0.15, -0.1) is 11.3 Å². The highest BCUT2D eigenvalue weighted by Crippen LogP contribution is 2.31. The molecule has 0 aliphatic carbocycles. The molecule has 0 spiro atoms. The number of ether oxygens (including phenoxy) is 1. The number of hydrogen-bond donors (Lipinski definition) is 1. The third kappa shape index (κ3) is 3.90. The van der Waals surface area contributed by atoms with Gasteiger partial charge in [-0.05, 0) is 40.6 Å². The number of methoxy groups -OCH3 is 1. The lowest BCUT2D eigenvalue weighted by atomic mass is 10.2. The second-order valence-corrected chi connectivity index (χ2v) is 6.79. The number of carbonyl (C=O) groups excluding carboxylic acids is 1. The third-order valence-electron chi connectivity index (χ3n) is 3.14. The average molecular weight is 365 g/mol. The lowest BCUT2D eigenvalue weighted by molar-refractivity contribution is -0.115. The molecule has 1 aromatic carbocycles. The van der Waals surface area contributed by atoms with E-state index in [1.165, 1.54) is 11.3 Å². The predicted molar refractivity (Wildman–Crippen MR) is 95.8 cm³/mol. The zero-order valence-corrected chi connectivity index (χ0v) is 14.6. The molecular weight excluding hydrogens is 352 g/mol. The molecule has 0 atom stereocenters. The highest BCUT2D eigenvalue weighted by Gasteiger charge is 2.10. The Morgan fingerprint density at radius 1 is 1.35 bits per heavy atom. The van der Waals surface area contributed by atoms with Crippen molar-refractivity contribution in [2.45, 2.75) is 6.42 Å². The summed E-state index contributed by atoms with van der Waals surface area (Å²) < 4.78 is 5.14. The Bertz CT molecular complexity index is 815. The minimum Gasteiger partial charge on any atom is -0.495 e. The maximum Gasteiger partial charge on any atom is 0.230 e. The van der Waals surface area contributed by atoms with Crippen molar-refractivity contribution in [1.82, 2.24) is 4.98 Å².